The van der Waals surface area contributed by atoms with Gasteiger partial charge in [-0.25, -0.2) is 0 Å². The lowest BCUT2D eigenvalue weighted by molar-refractivity contribution is -0.114. The number of hydrogen-bond donors (Lipinski definition) is 1. The normalized spacial score (nSPS) is 10.2. The number of halogens is 1. The summed E-state index contributed by atoms with van der Waals surface area (Å²) < 4.78 is 0. The van der Waals surface area contributed by atoms with Crippen LogP contribution in [-0.2, 0) is 9.59 Å². The van der Waals surface area contributed by atoms with Crippen molar-refractivity contribution in [3.8, 4) is 0 Å². The van der Waals surface area contributed by atoms with Crippen LogP contribution in [-0.4, -0.2) is 18.1 Å². The summed E-state index contributed by atoms with van der Waals surface area (Å²) in [6.45, 7) is 0. The quantitative estimate of drug-likeness (QED) is 0.483. The van der Waals surface area contributed by atoms with Crippen LogP contribution in [0.4, 0.5) is 5.69 Å². The number of nitrogens with one attached hydrogen (secondary N) is 1. The van der Waals surface area contributed by atoms with Crippen LogP contribution in [0.5, 0.6) is 0 Å². The zero-order valence-electron chi connectivity index (χ0n) is 7.94. The Hall–Kier alpha value is -1.61. The summed E-state index contributed by atoms with van der Waals surface area (Å²) in [6.07, 6.45) is 3.67. The van der Waals surface area contributed by atoms with Crippen molar-refractivity contribution in [3.63, 3.8) is 0 Å². The molecule has 0 bridgehead atoms. The van der Waals surface area contributed by atoms with E-state index in [4.69, 9.17) is 11.6 Å². The highest BCUT2D eigenvalue weighted by molar-refractivity contribution is 6.29. The zero-order valence-corrected chi connectivity index (χ0v) is 8.70. The van der Waals surface area contributed by atoms with Gasteiger partial charge in [0.15, 0.2) is 0 Å². The maximum atomic E-state index is 11.1. The van der Waals surface area contributed by atoms with Gasteiger partial charge in [-0.3, -0.25) is 9.59 Å². The van der Waals surface area contributed by atoms with Crippen molar-refractivity contribution < 1.29 is 9.59 Å². The minimum absolute atomic E-state index is 0.0915. The molecule has 0 fully saturated rings. The van der Waals surface area contributed by atoms with Crippen molar-refractivity contribution in [1.29, 1.82) is 0 Å². The number of allylic oxidation sites excluding steroid dienone is 1. The lowest BCUT2D eigenvalue weighted by Crippen LogP contribution is -2.13. The predicted molar refractivity (Wildman–Crippen MR) is 60.9 cm³/mol. The number of rotatable bonds is 4. The average Bonchev–Trinajstić information content (AvgIpc) is 2.28. The second-order valence-electron chi connectivity index (χ2n) is 2.76. The second kappa shape index (κ2) is 5.98. The van der Waals surface area contributed by atoms with Crippen molar-refractivity contribution in [2.24, 2.45) is 0 Å². The molecule has 1 aromatic rings. The van der Waals surface area contributed by atoms with E-state index in [1.54, 1.807) is 24.3 Å². The number of anilines is 1. The zero-order chi connectivity index (χ0) is 11.1. The molecule has 78 valence electrons. The third-order valence-electron chi connectivity index (χ3n) is 1.71. The molecule has 0 saturated heterocycles. The van der Waals surface area contributed by atoms with E-state index in [9.17, 15) is 9.59 Å². The van der Waals surface area contributed by atoms with Crippen LogP contribution in [0.15, 0.2) is 30.3 Å². The molecule has 4 heteroatoms. The number of aldehydes is 1. The molecule has 1 N–H and O–H groups in total. The topological polar surface area (TPSA) is 46.2 Å². The van der Waals surface area contributed by atoms with Gasteiger partial charge >= 0.3 is 0 Å². The highest BCUT2D eigenvalue weighted by Gasteiger charge is 2.02. The Morgan fingerprint density at radius 1 is 1.40 bits per heavy atom. The Morgan fingerprint density at radius 3 is 2.80 bits per heavy atom. The lowest BCUT2D eigenvalue weighted by Gasteiger charge is -2.06. The first-order valence-electron chi connectivity index (χ1n) is 4.34. The monoisotopic (exact) mass is 223 g/mol. The van der Waals surface area contributed by atoms with Crippen LogP contribution in [0.3, 0.4) is 0 Å². The van der Waals surface area contributed by atoms with Gasteiger partial charge in [0.25, 0.3) is 0 Å². The molecule has 0 saturated carbocycles. The number of amides is 1. The molecule has 0 heterocycles. The van der Waals surface area contributed by atoms with Crippen molar-refractivity contribution in [1.82, 2.24) is 0 Å². The standard InChI is InChI=1S/C11H10ClNO2/c12-8-11(15)13-10-6-2-1-4-9(10)5-3-7-14/h1-7H,8H2,(H,13,15)/b5-3+. The van der Waals surface area contributed by atoms with E-state index in [0.29, 0.717) is 12.0 Å². The van der Waals surface area contributed by atoms with Crippen LogP contribution < -0.4 is 5.32 Å². The summed E-state index contributed by atoms with van der Waals surface area (Å²) in [5.41, 5.74) is 1.41. The summed E-state index contributed by atoms with van der Waals surface area (Å²) in [4.78, 5) is 21.2. The Kier molecular flexibility index (Phi) is 4.57. The number of benzene rings is 1. The highest BCUT2D eigenvalue weighted by atomic mass is 35.5. The second-order valence-corrected chi connectivity index (χ2v) is 3.03. The van der Waals surface area contributed by atoms with Crippen molar-refractivity contribution >= 4 is 35.6 Å². The molecule has 0 atom stereocenters. The van der Waals surface area contributed by atoms with Crippen LogP contribution in [0.1, 0.15) is 5.56 Å². The Morgan fingerprint density at radius 2 is 2.13 bits per heavy atom. The van der Waals surface area contributed by atoms with Gasteiger partial charge in [0, 0.05) is 5.69 Å². The van der Waals surface area contributed by atoms with Crippen molar-refractivity contribution in [3.05, 3.63) is 35.9 Å². The Bertz CT molecular complexity index is 388. The third-order valence-corrected chi connectivity index (χ3v) is 1.95. The fourth-order valence-electron chi connectivity index (χ4n) is 1.08. The molecule has 0 unspecified atom stereocenters. The molecule has 0 spiro atoms. The molecule has 15 heavy (non-hydrogen) atoms. The van der Waals surface area contributed by atoms with Gasteiger partial charge in [-0.15, -0.1) is 11.6 Å². The largest absolute Gasteiger partial charge is 0.324 e. The molecule has 0 aliphatic carbocycles. The Balaban J connectivity index is 2.90. The van der Waals surface area contributed by atoms with E-state index in [1.165, 1.54) is 6.08 Å². The molecule has 1 rings (SSSR count). The van der Waals surface area contributed by atoms with Gasteiger partial charge in [0.05, 0.1) is 0 Å². The summed E-state index contributed by atoms with van der Waals surface area (Å²) in [5, 5.41) is 2.63. The maximum Gasteiger partial charge on any atom is 0.239 e. The first-order valence-corrected chi connectivity index (χ1v) is 4.88. The summed E-state index contributed by atoms with van der Waals surface area (Å²) >= 11 is 5.37. The van der Waals surface area contributed by atoms with Gasteiger partial charge in [0.2, 0.25) is 5.91 Å². The van der Waals surface area contributed by atoms with Gasteiger partial charge in [-0.05, 0) is 23.8 Å². The molecule has 1 amide bonds. The number of para-hydroxylation sites is 1. The fourth-order valence-corrected chi connectivity index (χ4v) is 1.15. The first-order chi connectivity index (χ1) is 7.27. The van der Waals surface area contributed by atoms with Gasteiger partial charge < -0.3 is 5.32 Å². The van der Waals surface area contributed by atoms with Crippen LogP contribution in [0, 0.1) is 0 Å². The highest BCUT2D eigenvalue weighted by Crippen LogP contribution is 2.16. The van der Waals surface area contributed by atoms with E-state index in [0.717, 1.165) is 5.56 Å². The van der Waals surface area contributed by atoms with E-state index in [2.05, 4.69) is 5.32 Å². The minimum atomic E-state index is -0.274. The minimum Gasteiger partial charge on any atom is -0.324 e. The molecule has 0 aliphatic rings. The van der Waals surface area contributed by atoms with Crippen molar-refractivity contribution in [2.75, 3.05) is 11.2 Å². The maximum absolute atomic E-state index is 11.1. The number of alkyl halides is 1. The molecule has 0 aliphatic heterocycles. The summed E-state index contributed by atoms with van der Waals surface area (Å²) in [7, 11) is 0. The first kappa shape index (κ1) is 11.5. The smallest absolute Gasteiger partial charge is 0.239 e. The molecule has 0 aromatic heterocycles. The summed E-state index contributed by atoms with van der Waals surface area (Å²) in [6, 6.07) is 7.15. The van der Waals surface area contributed by atoms with Crippen LogP contribution in [0.2, 0.25) is 0 Å². The number of carbonyl (C=O) groups excluding carboxylic acids is 2. The number of hydrogen-bond acceptors (Lipinski definition) is 2. The molecule has 0 radical (unpaired) electrons. The van der Waals surface area contributed by atoms with Crippen molar-refractivity contribution in [2.45, 2.75) is 0 Å². The van der Waals surface area contributed by atoms with Gasteiger partial charge in [0.1, 0.15) is 12.2 Å². The fraction of sp³-hybridized carbons (Fsp3) is 0.0909. The SMILES string of the molecule is O=C/C=C/c1ccccc1NC(=O)CCl. The van der Waals surface area contributed by atoms with Gasteiger partial charge in [-0.1, -0.05) is 18.2 Å². The molecular weight excluding hydrogens is 214 g/mol. The number of carbonyl (C=O) groups is 2. The molecular formula is C11H10ClNO2. The Labute approximate surface area is 92.7 Å². The van der Waals surface area contributed by atoms with E-state index in [1.807, 2.05) is 6.07 Å². The van der Waals surface area contributed by atoms with E-state index in [-0.39, 0.29) is 11.8 Å². The van der Waals surface area contributed by atoms with Crippen LogP contribution in [0.25, 0.3) is 6.08 Å². The van der Waals surface area contributed by atoms with Crippen LogP contribution >= 0.6 is 11.6 Å². The molecule has 1 aromatic carbocycles. The molecule has 3 nitrogen and oxygen atoms in total. The third kappa shape index (κ3) is 3.56. The van der Waals surface area contributed by atoms with E-state index < -0.39 is 0 Å². The van der Waals surface area contributed by atoms with Gasteiger partial charge in [-0.2, -0.15) is 0 Å². The summed E-state index contributed by atoms with van der Waals surface area (Å²) in [5.74, 6) is -0.366. The predicted octanol–water partition coefficient (Wildman–Crippen LogP) is 2.08. The van der Waals surface area contributed by atoms with E-state index >= 15 is 0 Å². The average molecular weight is 224 g/mol. The lowest BCUT2D eigenvalue weighted by atomic mass is 10.1.